The maximum atomic E-state index is 8.54. The van der Waals surface area contributed by atoms with E-state index in [2.05, 4.69) is 31.2 Å². The van der Waals surface area contributed by atoms with Crippen LogP contribution in [0.5, 0.6) is 0 Å². The Balaban J connectivity index is 2.71. The molecule has 0 aromatic heterocycles. The van der Waals surface area contributed by atoms with Gasteiger partial charge in [-0.15, -0.1) is 0 Å². The number of aryl methyl sites for hydroxylation is 1. The zero-order valence-corrected chi connectivity index (χ0v) is 7.33. The molecule has 0 fully saturated rings. The molecule has 0 atom stereocenters. The number of benzene rings is 1. The molecule has 1 heteroatoms. The van der Waals surface area contributed by atoms with Crippen LogP contribution in [-0.2, 0) is 6.42 Å². The van der Waals surface area contributed by atoms with Gasteiger partial charge in [-0.1, -0.05) is 43.3 Å². The summed E-state index contributed by atoms with van der Waals surface area (Å²) in [6.07, 6.45) is 4.73. The summed E-state index contributed by atoms with van der Waals surface area (Å²) in [7, 11) is 0. The van der Waals surface area contributed by atoms with E-state index >= 15 is 0 Å². The van der Waals surface area contributed by atoms with E-state index in [1.165, 1.54) is 5.56 Å². The van der Waals surface area contributed by atoms with E-state index in [1.54, 1.807) is 6.08 Å². The molecule has 0 saturated heterocycles. The fraction of sp³-hybridized carbons (Fsp3) is 0.273. The van der Waals surface area contributed by atoms with E-state index < -0.39 is 0 Å². The number of aliphatic hydroxyl groups is 1. The van der Waals surface area contributed by atoms with Crippen molar-refractivity contribution < 1.29 is 5.11 Å². The molecule has 0 aliphatic rings. The largest absolute Gasteiger partial charge is 0.392 e. The Morgan fingerprint density at radius 2 is 1.92 bits per heavy atom. The lowest BCUT2D eigenvalue weighted by Crippen LogP contribution is -1.79. The Hall–Kier alpha value is -1.08. The van der Waals surface area contributed by atoms with Gasteiger partial charge >= 0.3 is 0 Å². The average Bonchev–Trinajstić information content (AvgIpc) is 2.15. The summed E-state index contributed by atoms with van der Waals surface area (Å²) in [6.45, 7) is 2.24. The third-order valence-electron chi connectivity index (χ3n) is 1.80. The van der Waals surface area contributed by atoms with Gasteiger partial charge in [-0.25, -0.2) is 0 Å². The van der Waals surface area contributed by atoms with Crippen LogP contribution in [0.25, 0.3) is 6.08 Å². The molecular weight excluding hydrogens is 148 g/mol. The van der Waals surface area contributed by atoms with Crippen molar-refractivity contribution in [1.29, 1.82) is 0 Å². The van der Waals surface area contributed by atoms with Crippen molar-refractivity contribution >= 4 is 6.08 Å². The summed E-state index contributed by atoms with van der Waals surface area (Å²) in [5.74, 6) is 0. The normalized spacial score (nSPS) is 10.8. The highest BCUT2D eigenvalue weighted by molar-refractivity contribution is 5.49. The predicted octanol–water partition coefficient (Wildman–Crippen LogP) is 2.25. The van der Waals surface area contributed by atoms with Crippen LogP contribution >= 0.6 is 0 Å². The topological polar surface area (TPSA) is 20.2 Å². The van der Waals surface area contributed by atoms with Crippen LogP contribution in [0, 0.1) is 0 Å². The van der Waals surface area contributed by atoms with Crippen molar-refractivity contribution in [2.75, 3.05) is 6.61 Å². The zero-order valence-electron chi connectivity index (χ0n) is 7.33. The first-order valence-corrected chi connectivity index (χ1v) is 4.23. The molecule has 0 bridgehead atoms. The fourth-order valence-electron chi connectivity index (χ4n) is 1.05. The Bertz CT molecular complexity index is 246. The molecule has 1 aromatic rings. The Morgan fingerprint density at radius 1 is 1.25 bits per heavy atom. The van der Waals surface area contributed by atoms with Gasteiger partial charge in [0.05, 0.1) is 6.61 Å². The summed E-state index contributed by atoms with van der Waals surface area (Å²) in [6, 6.07) is 8.34. The molecule has 1 aromatic carbocycles. The predicted molar refractivity (Wildman–Crippen MR) is 51.9 cm³/mol. The molecule has 12 heavy (non-hydrogen) atoms. The highest BCUT2D eigenvalue weighted by Gasteiger charge is 1.87. The fourth-order valence-corrected chi connectivity index (χ4v) is 1.05. The Kier molecular flexibility index (Phi) is 3.55. The molecule has 0 aliphatic carbocycles. The minimum atomic E-state index is 0.107. The first kappa shape index (κ1) is 9.01. The molecule has 0 aliphatic heterocycles. The van der Waals surface area contributed by atoms with Crippen molar-refractivity contribution in [2.45, 2.75) is 13.3 Å². The number of hydrogen-bond donors (Lipinski definition) is 1. The lowest BCUT2D eigenvalue weighted by Gasteiger charge is -1.96. The van der Waals surface area contributed by atoms with Gasteiger partial charge in [0, 0.05) is 0 Å². The molecule has 0 radical (unpaired) electrons. The van der Waals surface area contributed by atoms with E-state index in [1.807, 2.05) is 6.08 Å². The number of hydrogen-bond acceptors (Lipinski definition) is 1. The van der Waals surface area contributed by atoms with E-state index in [0.717, 1.165) is 12.0 Å². The summed E-state index contributed by atoms with van der Waals surface area (Å²) < 4.78 is 0. The lowest BCUT2D eigenvalue weighted by atomic mass is 10.1. The van der Waals surface area contributed by atoms with Gasteiger partial charge in [-0.05, 0) is 17.5 Å². The molecule has 0 unspecified atom stereocenters. The summed E-state index contributed by atoms with van der Waals surface area (Å²) >= 11 is 0. The highest BCUT2D eigenvalue weighted by Crippen LogP contribution is 2.06. The maximum Gasteiger partial charge on any atom is 0.0615 e. The smallest absolute Gasteiger partial charge is 0.0615 e. The molecule has 0 heterocycles. The first-order valence-electron chi connectivity index (χ1n) is 4.23. The van der Waals surface area contributed by atoms with Gasteiger partial charge in [0.15, 0.2) is 0 Å². The highest BCUT2D eigenvalue weighted by atomic mass is 16.2. The van der Waals surface area contributed by atoms with E-state index in [4.69, 9.17) is 5.11 Å². The van der Waals surface area contributed by atoms with Gasteiger partial charge in [0.2, 0.25) is 0 Å². The van der Waals surface area contributed by atoms with E-state index in [0.29, 0.717) is 0 Å². The second-order valence-corrected chi connectivity index (χ2v) is 2.68. The van der Waals surface area contributed by atoms with Crippen LogP contribution in [-0.4, -0.2) is 11.7 Å². The third kappa shape index (κ3) is 2.51. The van der Waals surface area contributed by atoms with Crippen molar-refractivity contribution in [3.63, 3.8) is 0 Å². The Labute approximate surface area is 73.4 Å². The molecule has 1 N–H and O–H groups in total. The first-order chi connectivity index (χ1) is 5.86. The molecule has 1 nitrogen and oxygen atoms in total. The molecule has 0 spiro atoms. The van der Waals surface area contributed by atoms with E-state index in [9.17, 15) is 0 Å². The third-order valence-corrected chi connectivity index (χ3v) is 1.80. The summed E-state index contributed by atoms with van der Waals surface area (Å²) in [4.78, 5) is 0. The molecular formula is C11H14O. The van der Waals surface area contributed by atoms with Crippen LogP contribution in [0.15, 0.2) is 30.3 Å². The van der Waals surface area contributed by atoms with Crippen molar-refractivity contribution in [3.05, 3.63) is 41.5 Å². The SMILES string of the molecule is CCc1ccc(/C=C\CO)cc1. The molecule has 64 valence electrons. The van der Waals surface area contributed by atoms with Crippen molar-refractivity contribution in [3.8, 4) is 0 Å². The summed E-state index contributed by atoms with van der Waals surface area (Å²) in [5.41, 5.74) is 2.48. The van der Waals surface area contributed by atoms with Gasteiger partial charge in [-0.3, -0.25) is 0 Å². The molecule has 0 amide bonds. The number of rotatable bonds is 3. The standard InChI is InChI=1S/C11H14O/c1-2-10-5-7-11(8-6-10)4-3-9-12/h3-8,12H,2,9H2,1H3/b4-3-. The van der Waals surface area contributed by atoms with Crippen LogP contribution in [0.3, 0.4) is 0 Å². The second kappa shape index (κ2) is 4.73. The van der Waals surface area contributed by atoms with Crippen LogP contribution in [0.4, 0.5) is 0 Å². The lowest BCUT2D eigenvalue weighted by molar-refractivity contribution is 0.343. The van der Waals surface area contributed by atoms with Crippen LogP contribution < -0.4 is 0 Å². The molecule has 0 saturated carbocycles. The molecule has 1 rings (SSSR count). The van der Waals surface area contributed by atoms with Gasteiger partial charge in [-0.2, -0.15) is 0 Å². The van der Waals surface area contributed by atoms with Crippen molar-refractivity contribution in [2.24, 2.45) is 0 Å². The quantitative estimate of drug-likeness (QED) is 0.722. The zero-order chi connectivity index (χ0) is 8.81. The van der Waals surface area contributed by atoms with Gasteiger partial charge < -0.3 is 5.11 Å². The summed E-state index contributed by atoms with van der Waals surface area (Å²) in [5, 5.41) is 8.54. The van der Waals surface area contributed by atoms with Gasteiger partial charge in [0.25, 0.3) is 0 Å². The number of aliphatic hydroxyl groups excluding tert-OH is 1. The second-order valence-electron chi connectivity index (χ2n) is 2.68. The van der Waals surface area contributed by atoms with E-state index in [-0.39, 0.29) is 6.61 Å². The van der Waals surface area contributed by atoms with Gasteiger partial charge in [0.1, 0.15) is 0 Å². The maximum absolute atomic E-state index is 8.54. The monoisotopic (exact) mass is 162 g/mol. The van der Waals surface area contributed by atoms with Crippen LogP contribution in [0.1, 0.15) is 18.1 Å². The van der Waals surface area contributed by atoms with Crippen LogP contribution in [0.2, 0.25) is 0 Å². The minimum Gasteiger partial charge on any atom is -0.392 e. The van der Waals surface area contributed by atoms with Crippen molar-refractivity contribution in [1.82, 2.24) is 0 Å². The minimum absolute atomic E-state index is 0.107. The Morgan fingerprint density at radius 3 is 2.42 bits per heavy atom. The average molecular weight is 162 g/mol.